The average molecular weight is 558 g/mol. The number of rotatable bonds is 10. The first-order chi connectivity index (χ1) is 18.8. The molecule has 8 nitrogen and oxygen atoms in total. The molecule has 0 atom stereocenters. The first-order valence-electron chi connectivity index (χ1n) is 12.3. The van der Waals surface area contributed by atoms with E-state index in [1.807, 2.05) is 11.9 Å². The molecule has 1 aromatic heterocycles. The number of aromatic nitrogens is 2. The predicted octanol–water partition coefficient (Wildman–Crippen LogP) is 5.84. The third-order valence-electron chi connectivity index (χ3n) is 6.21. The van der Waals surface area contributed by atoms with Gasteiger partial charge in [0.1, 0.15) is 5.56 Å². The van der Waals surface area contributed by atoms with Crippen LogP contribution in [0.5, 0.6) is 11.6 Å². The normalized spacial score (nSPS) is 14.4. The zero-order valence-electron chi connectivity index (χ0n) is 21.8. The summed E-state index contributed by atoms with van der Waals surface area (Å²) in [7, 11) is 3.69. The minimum atomic E-state index is -3.00. The zero-order valence-corrected chi connectivity index (χ0v) is 22.7. The van der Waals surface area contributed by atoms with E-state index in [1.165, 1.54) is 6.07 Å². The van der Waals surface area contributed by atoms with E-state index in [0.717, 1.165) is 36.8 Å². The molecule has 0 saturated carbocycles. The van der Waals surface area contributed by atoms with Gasteiger partial charge >= 0.3 is 0 Å². The van der Waals surface area contributed by atoms with Crippen LogP contribution in [0.4, 0.5) is 24.8 Å². The largest absolute Gasteiger partial charge is 0.435 e. The highest BCUT2D eigenvalue weighted by molar-refractivity contribution is 8.05. The summed E-state index contributed by atoms with van der Waals surface area (Å²) in [5.74, 6) is -1.34. The van der Waals surface area contributed by atoms with E-state index in [-0.39, 0.29) is 17.4 Å². The van der Waals surface area contributed by atoms with Crippen LogP contribution in [0.15, 0.2) is 53.6 Å². The summed E-state index contributed by atoms with van der Waals surface area (Å²) in [6.45, 7) is 4.60. The number of likely N-dealkylation sites (N-methyl/N-ethyl adjacent to an activating group) is 1. The maximum absolute atomic E-state index is 15.7. The van der Waals surface area contributed by atoms with Crippen molar-refractivity contribution in [2.24, 2.45) is 0 Å². The van der Waals surface area contributed by atoms with E-state index in [9.17, 15) is 8.78 Å². The molecule has 0 amide bonds. The molecule has 2 heterocycles. The Morgan fingerprint density at radius 1 is 1.10 bits per heavy atom. The SMILES string of the molecule is CN/C=C(\C=N)SNc1nc(Oc2cccc(N3CCN(C)CC3)c2F)c(C(F)F)c(-c2ccccc2C)n1. The highest BCUT2D eigenvalue weighted by Crippen LogP contribution is 2.41. The number of benzene rings is 2. The van der Waals surface area contributed by atoms with Gasteiger partial charge in [-0.25, -0.2) is 18.2 Å². The topological polar surface area (TPSA) is 89.4 Å². The molecule has 0 aliphatic carbocycles. The minimum absolute atomic E-state index is 0.0270. The lowest BCUT2D eigenvalue weighted by molar-refractivity contribution is 0.147. The van der Waals surface area contributed by atoms with Crippen molar-refractivity contribution in [2.45, 2.75) is 13.3 Å². The highest BCUT2D eigenvalue weighted by atomic mass is 32.2. The number of hydrogen-bond acceptors (Lipinski definition) is 9. The lowest BCUT2D eigenvalue weighted by atomic mass is 10.0. The number of nitrogens with zero attached hydrogens (tertiary/aromatic N) is 4. The standard InChI is InChI=1S/C27H30F3N7OS/c1-17-7-4-5-8-19(17)24-22(25(29)30)26(34-27(33-24)35-39-18(15-31)16-32-2)38-21-10-6-9-20(23(21)28)37-13-11-36(3)12-14-37/h4-10,15-16,25,31-32H,11-14H2,1-3H3,(H,33,34,35)/b18-16+,31-15?. The third kappa shape index (κ3) is 6.63. The molecule has 3 aromatic rings. The van der Waals surface area contributed by atoms with Crippen LogP contribution in [-0.2, 0) is 0 Å². The van der Waals surface area contributed by atoms with Gasteiger partial charge in [-0.15, -0.1) is 0 Å². The monoisotopic (exact) mass is 557 g/mol. The summed E-state index contributed by atoms with van der Waals surface area (Å²) in [4.78, 5) is 13.1. The average Bonchev–Trinajstić information content (AvgIpc) is 2.92. The fourth-order valence-corrected chi connectivity index (χ4v) is 4.67. The maximum Gasteiger partial charge on any atom is 0.271 e. The second-order valence-electron chi connectivity index (χ2n) is 8.90. The van der Waals surface area contributed by atoms with Crippen LogP contribution in [0.25, 0.3) is 11.3 Å². The number of piperazine rings is 1. The van der Waals surface area contributed by atoms with Gasteiger partial charge < -0.3 is 25.3 Å². The van der Waals surface area contributed by atoms with Gasteiger partial charge in [-0.1, -0.05) is 30.3 Å². The van der Waals surface area contributed by atoms with Gasteiger partial charge in [-0.2, -0.15) is 4.98 Å². The number of aryl methyl sites for hydroxylation is 1. The van der Waals surface area contributed by atoms with Crippen molar-refractivity contribution >= 4 is 29.8 Å². The van der Waals surface area contributed by atoms with Crippen LogP contribution in [0, 0.1) is 18.2 Å². The second kappa shape index (κ2) is 12.9. The third-order valence-corrected chi connectivity index (χ3v) is 6.97. The van der Waals surface area contributed by atoms with E-state index < -0.39 is 23.7 Å². The Kier molecular flexibility index (Phi) is 9.31. The number of allylic oxidation sites excluding steroid dienone is 1. The lowest BCUT2D eigenvalue weighted by Gasteiger charge is -2.34. The van der Waals surface area contributed by atoms with Gasteiger partial charge in [-0.3, -0.25) is 4.72 Å². The molecule has 0 radical (unpaired) electrons. The fraction of sp³-hybridized carbons (Fsp3) is 0.296. The van der Waals surface area contributed by atoms with Gasteiger partial charge in [0, 0.05) is 51.2 Å². The van der Waals surface area contributed by atoms with E-state index in [4.69, 9.17) is 10.1 Å². The van der Waals surface area contributed by atoms with Crippen LogP contribution in [0.1, 0.15) is 17.6 Å². The number of hydrogen-bond donors (Lipinski definition) is 3. The summed E-state index contributed by atoms with van der Waals surface area (Å²) in [5.41, 5.74) is 0.969. The Morgan fingerprint density at radius 2 is 1.85 bits per heavy atom. The van der Waals surface area contributed by atoms with Crippen molar-refractivity contribution in [3.05, 3.63) is 70.5 Å². The molecule has 39 heavy (non-hydrogen) atoms. The lowest BCUT2D eigenvalue weighted by Crippen LogP contribution is -2.44. The molecule has 4 rings (SSSR count). The summed E-state index contributed by atoms with van der Waals surface area (Å²) in [6, 6.07) is 11.7. The zero-order chi connectivity index (χ0) is 27.9. The highest BCUT2D eigenvalue weighted by Gasteiger charge is 2.28. The number of nitrogens with one attached hydrogen (secondary N) is 3. The minimum Gasteiger partial charge on any atom is -0.435 e. The summed E-state index contributed by atoms with van der Waals surface area (Å²) >= 11 is 1.01. The first kappa shape index (κ1) is 28.2. The Bertz CT molecular complexity index is 1350. The molecular weight excluding hydrogens is 527 g/mol. The van der Waals surface area contributed by atoms with Crippen molar-refractivity contribution in [1.29, 1.82) is 5.41 Å². The van der Waals surface area contributed by atoms with Crippen molar-refractivity contribution in [3.63, 3.8) is 0 Å². The molecule has 12 heteroatoms. The number of anilines is 2. The Labute approximate surface area is 229 Å². The van der Waals surface area contributed by atoms with E-state index >= 15 is 4.39 Å². The van der Waals surface area contributed by atoms with E-state index in [1.54, 1.807) is 56.6 Å². The Morgan fingerprint density at radius 3 is 2.51 bits per heavy atom. The van der Waals surface area contributed by atoms with Crippen molar-refractivity contribution in [3.8, 4) is 22.9 Å². The van der Waals surface area contributed by atoms with Crippen LogP contribution >= 0.6 is 11.9 Å². The molecule has 1 aliphatic heterocycles. The number of alkyl halides is 2. The van der Waals surface area contributed by atoms with Crippen molar-refractivity contribution in [2.75, 3.05) is 49.9 Å². The molecule has 2 aromatic carbocycles. The van der Waals surface area contributed by atoms with Crippen LogP contribution in [-0.4, -0.2) is 61.4 Å². The van der Waals surface area contributed by atoms with Crippen LogP contribution < -0.4 is 19.7 Å². The molecule has 3 N–H and O–H groups in total. The van der Waals surface area contributed by atoms with Gasteiger partial charge in [0.25, 0.3) is 6.43 Å². The van der Waals surface area contributed by atoms with Crippen molar-refractivity contribution < 1.29 is 17.9 Å². The first-order valence-corrected chi connectivity index (χ1v) is 13.1. The summed E-state index contributed by atoms with van der Waals surface area (Å²) in [5, 5.41) is 10.4. The summed E-state index contributed by atoms with van der Waals surface area (Å²) in [6.07, 6.45) is -0.306. The molecule has 1 fully saturated rings. The Balaban J connectivity index is 1.79. The number of ether oxygens (including phenoxy) is 1. The van der Waals surface area contributed by atoms with Gasteiger partial charge in [-0.05, 0) is 43.6 Å². The Hall–Kier alpha value is -3.77. The number of halogens is 3. The van der Waals surface area contributed by atoms with Crippen LogP contribution in [0.2, 0.25) is 0 Å². The molecular formula is C27H30F3N7OS. The molecule has 206 valence electrons. The molecule has 0 unspecified atom stereocenters. The van der Waals surface area contributed by atoms with Crippen molar-refractivity contribution in [1.82, 2.24) is 20.2 Å². The quantitative estimate of drug-likeness (QED) is 0.212. The van der Waals surface area contributed by atoms with E-state index in [0.29, 0.717) is 29.2 Å². The molecule has 1 saturated heterocycles. The van der Waals surface area contributed by atoms with Gasteiger partial charge in [0.2, 0.25) is 11.8 Å². The van der Waals surface area contributed by atoms with Gasteiger partial charge in [0.05, 0.1) is 16.3 Å². The van der Waals surface area contributed by atoms with Gasteiger partial charge in [0.15, 0.2) is 11.6 Å². The fourth-order valence-electron chi connectivity index (χ4n) is 4.13. The maximum atomic E-state index is 15.7. The van der Waals surface area contributed by atoms with E-state index in [2.05, 4.69) is 24.9 Å². The second-order valence-corrected chi connectivity index (χ2v) is 9.78. The smallest absolute Gasteiger partial charge is 0.271 e. The summed E-state index contributed by atoms with van der Waals surface area (Å²) < 4.78 is 53.5. The van der Waals surface area contributed by atoms with Crippen LogP contribution in [0.3, 0.4) is 0 Å². The molecule has 0 spiro atoms. The molecule has 0 bridgehead atoms. The molecule has 1 aliphatic rings. The predicted molar refractivity (Wildman–Crippen MR) is 150 cm³/mol.